The van der Waals surface area contributed by atoms with E-state index < -0.39 is 0 Å². The SMILES string of the molecule is S=C(NCCc1ccccc1)N1CCN(c2c(Cl)cncc2Cl)CC1. The Morgan fingerprint density at radius 1 is 1.04 bits per heavy atom. The highest BCUT2D eigenvalue weighted by Crippen LogP contribution is 2.32. The molecule has 0 aliphatic carbocycles. The summed E-state index contributed by atoms with van der Waals surface area (Å²) in [7, 11) is 0. The molecule has 0 unspecified atom stereocenters. The first-order valence-electron chi connectivity index (χ1n) is 8.26. The van der Waals surface area contributed by atoms with Crippen molar-refractivity contribution >= 4 is 46.2 Å². The average Bonchev–Trinajstić information content (AvgIpc) is 2.63. The van der Waals surface area contributed by atoms with Crippen molar-refractivity contribution in [2.75, 3.05) is 37.6 Å². The Morgan fingerprint density at radius 2 is 1.68 bits per heavy atom. The van der Waals surface area contributed by atoms with Crippen LogP contribution in [0.4, 0.5) is 5.69 Å². The molecule has 1 N–H and O–H groups in total. The molecule has 0 amide bonds. The first kappa shape index (κ1) is 18.2. The zero-order valence-corrected chi connectivity index (χ0v) is 16.1. The second-order valence-corrected chi connectivity index (χ2v) is 7.09. The van der Waals surface area contributed by atoms with Crippen LogP contribution in [0.15, 0.2) is 42.7 Å². The maximum Gasteiger partial charge on any atom is 0.169 e. The van der Waals surface area contributed by atoms with E-state index in [1.165, 1.54) is 5.56 Å². The van der Waals surface area contributed by atoms with E-state index in [0.29, 0.717) is 10.0 Å². The van der Waals surface area contributed by atoms with Gasteiger partial charge in [0.25, 0.3) is 0 Å². The van der Waals surface area contributed by atoms with Gasteiger partial charge in [-0.1, -0.05) is 53.5 Å². The maximum absolute atomic E-state index is 6.25. The number of hydrogen-bond acceptors (Lipinski definition) is 3. The number of rotatable bonds is 4. The van der Waals surface area contributed by atoms with Gasteiger partial charge in [0.1, 0.15) is 0 Å². The van der Waals surface area contributed by atoms with Gasteiger partial charge < -0.3 is 15.1 Å². The number of anilines is 1. The minimum atomic E-state index is 0.588. The summed E-state index contributed by atoms with van der Waals surface area (Å²) in [4.78, 5) is 8.39. The molecule has 3 rings (SSSR count). The summed E-state index contributed by atoms with van der Waals surface area (Å²) in [6.07, 6.45) is 4.22. The first-order valence-corrected chi connectivity index (χ1v) is 9.42. The minimum Gasteiger partial charge on any atom is -0.365 e. The highest BCUT2D eigenvalue weighted by molar-refractivity contribution is 7.80. The number of halogens is 2. The molecular formula is C18H20Cl2N4S. The molecule has 0 bridgehead atoms. The van der Waals surface area contributed by atoms with Gasteiger partial charge in [-0.15, -0.1) is 0 Å². The van der Waals surface area contributed by atoms with E-state index in [0.717, 1.165) is 49.9 Å². The van der Waals surface area contributed by atoms with Gasteiger partial charge in [0, 0.05) is 45.1 Å². The molecule has 2 aromatic rings. The van der Waals surface area contributed by atoms with Crippen molar-refractivity contribution in [1.82, 2.24) is 15.2 Å². The summed E-state index contributed by atoms with van der Waals surface area (Å²) in [5.41, 5.74) is 2.17. The number of hydrogen-bond donors (Lipinski definition) is 1. The molecule has 0 saturated carbocycles. The molecular weight excluding hydrogens is 375 g/mol. The molecule has 7 heteroatoms. The fraction of sp³-hybridized carbons (Fsp3) is 0.333. The Labute approximate surface area is 163 Å². The largest absolute Gasteiger partial charge is 0.365 e. The summed E-state index contributed by atoms with van der Waals surface area (Å²) in [6.45, 7) is 4.16. The summed E-state index contributed by atoms with van der Waals surface area (Å²) in [6, 6.07) is 10.4. The zero-order chi connectivity index (χ0) is 17.6. The van der Waals surface area contributed by atoms with Crippen molar-refractivity contribution in [3.05, 3.63) is 58.3 Å². The van der Waals surface area contributed by atoms with Crippen LogP contribution in [0.1, 0.15) is 5.56 Å². The van der Waals surface area contributed by atoms with E-state index in [2.05, 4.69) is 44.4 Å². The lowest BCUT2D eigenvalue weighted by Crippen LogP contribution is -2.52. The zero-order valence-electron chi connectivity index (χ0n) is 13.8. The van der Waals surface area contributed by atoms with Crippen molar-refractivity contribution < 1.29 is 0 Å². The summed E-state index contributed by atoms with van der Waals surface area (Å²) in [5.74, 6) is 0. The number of aromatic nitrogens is 1. The Hall–Kier alpha value is -1.56. The lowest BCUT2D eigenvalue weighted by molar-refractivity contribution is 0.380. The van der Waals surface area contributed by atoms with Crippen LogP contribution in [0.2, 0.25) is 10.0 Å². The van der Waals surface area contributed by atoms with Crippen molar-refractivity contribution in [2.45, 2.75) is 6.42 Å². The average molecular weight is 395 g/mol. The molecule has 0 radical (unpaired) electrons. The van der Waals surface area contributed by atoms with Crippen LogP contribution in [0.3, 0.4) is 0 Å². The van der Waals surface area contributed by atoms with Crippen LogP contribution in [0.5, 0.6) is 0 Å². The highest BCUT2D eigenvalue weighted by atomic mass is 35.5. The number of benzene rings is 1. The van der Waals surface area contributed by atoms with Gasteiger partial charge in [-0.3, -0.25) is 4.98 Å². The molecule has 4 nitrogen and oxygen atoms in total. The molecule has 1 saturated heterocycles. The van der Waals surface area contributed by atoms with Gasteiger partial charge in [-0.2, -0.15) is 0 Å². The third-order valence-electron chi connectivity index (χ3n) is 4.24. The van der Waals surface area contributed by atoms with Crippen LogP contribution in [-0.4, -0.2) is 47.7 Å². The molecule has 0 atom stereocenters. The van der Waals surface area contributed by atoms with Crippen LogP contribution in [0.25, 0.3) is 0 Å². The predicted octanol–water partition coefficient (Wildman–Crippen LogP) is 3.63. The molecule has 0 spiro atoms. The fourth-order valence-corrected chi connectivity index (χ4v) is 3.80. The topological polar surface area (TPSA) is 31.4 Å². The number of piperazine rings is 1. The van der Waals surface area contributed by atoms with Crippen molar-refractivity contribution in [3.8, 4) is 0 Å². The maximum atomic E-state index is 6.25. The number of nitrogens with one attached hydrogen (secondary N) is 1. The van der Waals surface area contributed by atoms with E-state index in [4.69, 9.17) is 35.4 Å². The van der Waals surface area contributed by atoms with E-state index in [9.17, 15) is 0 Å². The third kappa shape index (κ3) is 4.75. The fourth-order valence-electron chi connectivity index (χ4n) is 2.91. The van der Waals surface area contributed by atoms with Crippen LogP contribution >= 0.6 is 35.4 Å². The van der Waals surface area contributed by atoms with E-state index in [1.807, 2.05) is 6.07 Å². The summed E-state index contributed by atoms with van der Waals surface area (Å²) in [5, 5.41) is 5.34. The van der Waals surface area contributed by atoms with Crippen LogP contribution in [0, 0.1) is 0 Å². The Kier molecular flexibility index (Phi) is 6.34. The second-order valence-electron chi connectivity index (χ2n) is 5.89. The molecule has 1 aliphatic rings. The van der Waals surface area contributed by atoms with Gasteiger partial charge in [-0.25, -0.2) is 0 Å². The Balaban J connectivity index is 1.48. The number of pyridine rings is 1. The highest BCUT2D eigenvalue weighted by Gasteiger charge is 2.22. The molecule has 132 valence electrons. The lowest BCUT2D eigenvalue weighted by atomic mass is 10.1. The Bertz CT molecular complexity index is 698. The van der Waals surface area contributed by atoms with Crippen molar-refractivity contribution in [2.24, 2.45) is 0 Å². The molecule has 25 heavy (non-hydrogen) atoms. The smallest absolute Gasteiger partial charge is 0.169 e. The van der Waals surface area contributed by atoms with Crippen LogP contribution < -0.4 is 10.2 Å². The van der Waals surface area contributed by atoms with E-state index >= 15 is 0 Å². The lowest BCUT2D eigenvalue weighted by Gasteiger charge is -2.38. The van der Waals surface area contributed by atoms with Gasteiger partial charge in [0.2, 0.25) is 0 Å². The van der Waals surface area contributed by atoms with Crippen molar-refractivity contribution in [3.63, 3.8) is 0 Å². The third-order valence-corrected chi connectivity index (χ3v) is 5.20. The van der Waals surface area contributed by atoms with Gasteiger partial charge in [-0.05, 0) is 24.2 Å². The number of thiocarbonyl (C=S) groups is 1. The normalized spacial score (nSPS) is 14.5. The Morgan fingerprint density at radius 3 is 2.32 bits per heavy atom. The molecule has 2 heterocycles. The van der Waals surface area contributed by atoms with E-state index in [1.54, 1.807) is 12.4 Å². The molecule has 1 aromatic heterocycles. The standard InChI is InChI=1S/C18H20Cl2N4S/c19-15-12-21-13-16(20)17(15)23-8-10-24(11-9-23)18(25)22-7-6-14-4-2-1-3-5-14/h1-5,12-13H,6-11H2,(H,22,25). The van der Waals surface area contributed by atoms with Crippen molar-refractivity contribution in [1.29, 1.82) is 0 Å². The van der Waals surface area contributed by atoms with Gasteiger partial charge in [0.15, 0.2) is 5.11 Å². The summed E-state index contributed by atoms with van der Waals surface area (Å²) < 4.78 is 0. The second kappa shape index (κ2) is 8.70. The number of nitrogens with zero attached hydrogens (tertiary/aromatic N) is 3. The monoisotopic (exact) mass is 394 g/mol. The van der Waals surface area contributed by atoms with Gasteiger partial charge >= 0.3 is 0 Å². The van der Waals surface area contributed by atoms with Crippen LogP contribution in [-0.2, 0) is 6.42 Å². The predicted molar refractivity (Wildman–Crippen MR) is 109 cm³/mol. The molecule has 1 fully saturated rings. The first-order chi connectivity index (χ1) is 12.1. The van der Waals surface area contributed by atoms with Gasteiger partial charge in [0.05, 0.1) is 15.7 Å². The molecule has 1 aliphatic heterocycles. The minimum absolute atomic E-state index is 0.588. The molecule has 1 aromatic carbocycles. The summed E-state index contributed by atoms with van der Waals surface area (Å²) >= 11 is 18.0. The quantitative estimate of drug-likeness (QED) is 0.800. The van der Waals surface area contributed by atoms with E-state index in [-0.39, 0.29) is 0 Å².